The number of nitrogens with one attached hydrogen (secondary N) is 2. The number of hydrogen-bond acceptors (Lipinski definition) is 6. The zero-order valence-corrected chi connectivity index (χ0v) is 23.4. The molecule has 2 amide bonds. The van der Waals surface area contributed by atoms with Gasteiger partial charge in [-0.15, -0.1) is 0 Å². The third-order valence-electron chi connectivity index (χ3n) is 5.94. The van der Waals surface area contributed by atoms with Gasteiger partial charge >= 0.3 is 0 Å². The number of aromatic nitrogens is 1. The molecule has 0 spiro atoms. The molecular weight excluding hydrogens is 552 g/mol. The topological polar surface area (TPSA) is 118 Å². The summed E-state index contributed by atoms with van der Waals surface area (Å²) in [6, 6.07) is 20.8. The van der Waals surface area contributed by atoms with Crippen LogP contribution in [0.15, 0.2) is 96.2 Å². The summed E-state index contributed by atoms with van der Waals surface area (Å²) in [6.07, 6.45) is 3.28. The number of carbonyl (C=O) groups excluding carboxylic acids is 2. The van der Waals surface area contributed by atoms with Gasteiger partial charge in [-0.05, 0) is 61.0 Å². The average molecular weight is 579 g/mol. The molecule has 206 valence electrons. The number of aryl methyl sites for hydroxylation is 1. The molecule has 0 aliphatic rings. The van der Waals surface area contributed by atoms with Crippen LogP contribution in [0.4, 0.5) is 11.4 Å². The van der Waals surface area contributed by atoms with Gasteiger partial charge in [0.1, 0.15) is 12.3 Å². The number of para-hydroxylation sites is 1. The Morgan fingerprint density at radius 2 is 1.75 bits per heavy atom. The maximum absolute atomic E-state index is 13.7. The Morgan fingerprint density at radius 1 is 1.00 bits per heavy atom. The van der Waals surface area contributed by atoms with Gasteiger partial charge in [-0.3, -0.25) is 18.9 Å². The first-order chi connectivity index (χ1) is 19.2. The molecule has 40 heavy (non-hydrogen) atoms. The van der Waals surface area contributed by atoms with Crippen LogP contribution in [0.25, 0.3) is 0 Å². The second-order valence-electron chi connectivity index (χ2n) is 8.78. The molecule has 0 aliphatic heterocycles. The van der Waals surface area contributed by atoms with Gasteiger partial charge in [-0.25, -0.2) is 8.42 Å². The van der Waals surface area contributed by atoms with Crippen molar-refractivity contribution in [2.24, 2.45) is 0 Å². The van der Waals surface area contributed by atoms with Crippen molar-refractivity contribution in [2.75, 3.05) is 23.3 Å². The number of ether oxygens (including phenoxy) is 1. The quantitative estimate of drug-likeness (QED) is 0.279. The lowest BCUT2D eigenvalue weighted by atomic mass is 10.1. The average Bonchev–Trinajstić information content (AvgIpc) is 2.95. The summed E-state index contributed by atoms with van der Waals surface area (Å²) in [6.45, 7) is 1.51. The van der Waals surface area contributed by atoms with E-state index in [2.05, 4.69) is 15.6 Å². The minimum Gasteiger partial charge on any atom is -0.495 e. The highest BCUT2D eigenvalue weighted by Gasteiger charge is 2.28. The number of hydrogen-bond donors (Lipinski definition) is 2. The van der Waals surface area contributed by atoms with Gasteiger partial charge in [0.05, 0.1) is 34.0 Å². The number of benzene rings is 3. The highest BCUT2D eigenvalue weighted by Crippen LogP contribution is 2.32. The third kappa shape index (κ3) is 6.77. The smallest absolute Gasteiger partial charge is 0.264 e. The number of sulfonamides is 1. The lowest BCUT2D eigenvalue weighted by molar-refractivity contribution is -0.114. The van der Waals surface area contributed by atoms with Crippen LogP contribution < -0.4 is 19.7 Å². The highest BCUT2D eigenvalue weighted by atomic mass is 35.5. The van der Waals surface area contributed by atoms with E-state index in [9.17, 15) is 18.0 Å². The van der Waals surface area contributed by atoms with Crippen molar-refractivity contribution in [1.82, 2.24) is 10.3 Å². The molecule has 0 bridgehead atoms. The summed E-state index contributed by atoms with van der Waals surface area (Å²) in [5, 5.41) is 5.66. The number of halogens is 1. The first kappa shape index (κ1) is 28.6. The standard InChI is InChI=1S/C29H27ClN4O5S/c1-20-9-12-23(13-10-20)40(37,38)34(22-11-14-27(39-2)25(30)16-22)19-28(35)33-26-8-4-3-7-24(26)29(36)32-18-21-6-5-15-31-17-21/h3-17H,18-19H2,1-2H3,(H,32,36)(H,33,35). The van der Waals surface area contributed by atoms with Crippen LogP contribution >= 0.6 is 11.6 Å². The van der Waals surface area contributed by atoms with E-state index >= 15 is 0 Å². The summed E-state index contributed by atoms with van der Waals surface area (Å²) < 4.78 is 33.5. The predicted octanol–water partition coefficient (Wildman–Crippen LogP) is 4.82. The van der Waals surface area contributed by atoms with Crippen LogP contribution in [-0.2, 0) is 21.4 Å². The molecule has 0 saturated heterocycles. The summed E-state index contributed by atoms with van der Waals surface area (Å²) in [4.78, 5) is 30.2. The molecule has 9 nitrogen and oxygen atoms in total. The Labute approximate surface area is 237 Å². The molecule has 11 heteroatoms. The maximum Gasteiger partial charge on any atom is 0.264 e. The Kier molecular flexibility index (Phi) is 9.03. The van der Waals surface area contributed by atoms with E-state index in [0.29, 0.717) is 5.75 Å². The Bertz CT molecular complexity index is 1610. The lowest BCUT2D eigenvalue weighted by Gasteiger charge is -2.25. The molecule has 0 unspecified atom stereocenters. The van der Waals surface area contributed by atoms with Crippen molar-refractivity contribution in [2.45, 2.75) is 18.4 Å². The van der Waals surface area contributed by atoms with Crippen molar-refractivity contribution in [3.8, 4) is 5.75 Å². The first-order valence-electron chi connectivity index (χ1n) is 12.2. The van der Waals surface area contributed by atoms with E-state index in [4.69, 9.17) is 16.3 Å². The van der Waals surface area contributed by atoms with Gasteiger partial charge in [-0.1, -0.05) is 47.5 Å². The van der Waals surface area contributed by atoms with E-state index in [1.54, 1.807) is 54.9 Å². The van der Waals surface area contributed by atoms with E-state index in [1.165, 1.54) is 37.4 Å². The fraction of sp³-hybridized carbons (Fsp3) is 0.138. The van der Waals surface area contributed by atoms with Crippen molar-refractivity contribution >= 4 is 44.8 Å². The van der Waals surface area contributed by atoms with Gasteiger partial charge in [0.2, 0.25) is 5.91 Å². The summed E-state index contributed by atoms with van der Waals surface area (Å²) in [7, 11) is -2.73. The summed E-state index contributed by atoms with van der Waals surface area (Å²) >= 11 is 6.29. The van der Waals surface area contributed by atoms with Gasteiger partial charge in [0.15, 0.2) is 0 Å². The van der Waals surface area contributed by atoms with Crippen LogP contribution in [0.2, 0.25) is 5.02 Å². The number of carbonyl (C=O) groups is 2. The van der Waals surface area contributed by atoms with E-state index in [0.717, 1.165) is 15.4 Å². The number of anilines is 2. The number of rotatable bonds is 10. The molecular formula is C29H27ClN4O5S. The number of nitrogens with zero attached hydrogens (tertiary/aromatic N) is 2. The van der Waals surface area contributed by atoms with Crippen LogP contribution in [0.1, 0.15) is 21.5 Å². The summed E-state index contributed by atoms with van der Waals surface area (Å²) in [5.74, 6) is -0.713. The monoisotopic (exact) mass is 578 g/mol. The number of pyridine rings is 1. The Hall–Kier alpha value is -4.41. The molecule has 1 heterocycles. The van der Waals surface area contributed by atoms with Crippen molar-refractivity contribution < 1.29 is 22.7 Å². The Balaban J connectivity index is 1.59. The van der Waals surface area contributed by atoms with Crippen LogP contribution in [0, 0.1) is 6.92 Å². The highest BCUT2D eigenvalue weighted by molar-refractivity contribution is 7.92. The lowest BCUT2D eigenvalue weighted by Crippen LogP contribution is -2.38. The van der Waals surface area contributed by atoms with E-state index < -0.39 is 28.4 Å². The van der Waals surface area contributed by atoms with Crippen LogP contribution in [0.3, 0.4) is 0 Å². The van der Waals surface area contributed by atoms with Gasteiger partial charge in [-0.2, -0.15) is 0 Å². The molecule has 0 fully saturated rings. The van der Waals surface area contributed by atoms with Gasteiger partial charge in [0.25, 0.3) is 15.9 Å². The molecule has 0 aliphatic carbocycles. The van der Waals surface area contributed by atoms with Gasteiger partial charge in [0, 0.05) is 18.9 Å². The predicted molar refractivity (Wildman–Crippen MR) is 154 cm³/mol. The minimum absolute atomic E-state index is 0.00743. The molecule has 1 aromatic heterocycles. The Morgan fingerprint density at radius 3 is 2.42 bits per heavy atom. The molecule has 4 aromatic rings. The van der Waals surface area contributed by atoms with Gasteiger partial charge < -0.3 is 15.4 Å². The third-order valence-corrected chi connectivity index (χ3v) is 8.02. The van der Waals surface area contributed by atoms with Crippen molar-refractivity contribution in [1.29, 1.82) is 0 Å². The number of methoxy groups -OCH3 is 1. The molecule has 0 radical (unpaired) electrons. The molecule has 4 rings (SSSR count). The second kappa shape index (κ2) is 12.6. The maximum atomic E-state index is 13.7. The van der Waals surface area contributed by atoms with E-state index in [-0.39, 0.29) is 33.4 Å². The van der Waals surface area contributed by atoms with Crippen molar-refractivity contribution in [3.63, 3.8) is 0 Å². The molecule has 3 aromatic carbocycles. The fourth-order valence-electron chi connectivity index (χ4n) is 3.85. The minimum atomic E-state index is -4.17. The van der Waals surface area contributed by atoms with E-state index in [1.807, 2.05) is 13.0 Å². The number of amides is 2. The fourth-order valence-corrected chi connectivity index (χ4v) is 5.52. The van der Waals surface area contributed by atoms with Crippen LogP contribution in [0.5, 0.6) is 5.75 Å². The zero-order valence-electron chi connectivity index (χ0n) is 21.8. The molecule has 2 N–H and O–H groups in total. The normalized spacial score (nSPS) is 11.0. The molecule has 0 atom stereocenters. The largest absolute Gasteiger partial charge is 0.495 e. The zero-order chi connectivity index (χ0) is 28.7. The van der Waals surface area contributed by atoms with Crippen molar-refractivity contribution in [3.05, 3.63) is 113 Å². The first-order valence-corrected chi connectivity index (χ1v) is 14.0. The second-order valence-corrected chi connectivity index (χ2v) is 11.1. The molecule has 0 saturated carbocycles. The SMILES string of the molecule is COc1ccc(N(CC(=O)Nc2ccccc2C(=O)NCc2cccnc2)S(=O)(=O)c2ccc(C)cc2)cc1Cl. The van der Waals surface area contributed by atoms with Crippen LogP contribution in [-0.4, -0.2) is 38.9 Å². The summed E-state index contributed by atoms with van der Waals surface area (Å²) in [5.41, 5.74) is 2.32.